The van der Waals surface area contributed by atoms with E-state index in [0.717, 1.165) is 50.6 Å². The van der Waals surface area contributed by atoms with Crippen LogP contribution in [0.1, 0.15) is 12.0 Å². The molecule has 10 nitrogen and oxygen atoms in total. The second kappa shape index (κ2) is 11.3. The molecule has 0 aromatic heterocycles. The third-order valence-corrected chi connectivity index (χ3v) is 5.61. The summed E-state index contributed by atoms with van der Waals surface area (Å²) in [5.74, 6) is -0.651. The zero-order valence-electron chi connectivity index (χ0n) is 18.9. The van der Waals surface area contributed by atoms with Crippen LogP contribution in [0.25, 0.3) is 0 Å². The number of nitrogens with zero attached hydrogens (tertiary/aromatic N) is 3. The molecule has 1 fully saturated rings. The van der Waals surface area contributed by atoms with E-state index >= 15 is 0 Å². The predicted molar refractivity (Wildman–Crippen MR) is 126 cm³/mol. The third-order valence-electron chi connectivity index (χ3n) is 5.61. The second-order valence-corrected chi connectivity index (χ2v) is 7.82. The first-order valence-electron chi connectivity index (χ1n) is 10.8. The summed E-state index contributed by atoms with van der Waals surface area (Å²) in [6.07, 6.45) is 0.726. The fourth-order valence-electron chi connectivity index (χ4n) is 3.77. The van der Waals surface area contributed by atoms with Gasteiger partial charge in [-0.25, -0.2) is 0 Å². The van der Waals surface area contributed by atoms with Crippen LogP contribution in [0.3, 0.4) is 0 Å². The molecule has 1 heterocycles. The van der Waals surface area contributed by atoms with Crippen LogP contribution >= 0.6 is 0 Å². The highest BCUT2D eigenvalue weighted by molar-refractivity contribution is 6.39. The number of para-hydroxylation sites is 2. The minimum Gasteiger partial charge on any atom is -0.495 e. The summed E-state index contributed by atoms with van der Waals surface area (Å²) < 4.78 is 5.45. The Labute approximate surface area is 192 Å². The molecule has 0 bridgehead atoms. The summed E-state index contributed by atoms with van der Waals surface area (Å²) in [5.41, 5.74) is 1.91. The lowest BCUT2D eigenvalue weighted by Gasteiger charge is -2.36. The number of benzene rings is 2. The number of aryl methyl sites for hydroxylation is 1. The zero-order chi connectivity index (χ0) is 23.8. The van der Waals surface area contributed by atoms with Crippen LogP contribution in [-0.2, 0) is 9.59 Å². The Morgan fingerprint density at radius 2 is 1.82 bits per heavy atom. The van der Waals surface area contributed by atoms with Crippen LogP contribution < -0.4 is 20.3 Å². The standard InChI is InChI=1S/C23H29N5O5/c1-17-16-18(28(31)32)8-9-19(17)25-23(30)22(29)24-10-5-11-26-12-14-27(15-13-26)20-6-3-4-7-21(20)33-2/h3-4,6-9,16H,5,10-15H2,1-2H3,(H,24,29)(H,25,30). The molecular weight excluding hydrogens is 426 g/mol. The van der Waals surface area contributed by atoms with Gasteiger partial charge in [-0.05, 0) is 43.7 Å². The molecule has 176 valence electrons. The monoisotopic (exact) mass is 455 g/mol. The van der Waals surface area contributed by atoms with Gasteiger partial charge in [-0.2, -0.15) is 0 Å². The molecule has 0 atom stereocenters. The number of nitro benzene ring substituents is 1. The van der Waals surface area contributed by atoms with Gasteiger partial charge in [0.2, 0.25) is 0 Å². The average molecular weight is 456 g/mol. The van der Waals surface area contributed by atoms with E-state index in [9.17, 15) is 19.7 Å². The predicted octanol–water partition coefficient (Wildman–Crippen LogP) is 2.18. The summed E-state index contributed by atoms with van der Waals surface area (Å²) in [6, 6.07) is 12.0. The summed E-state index contributed by atoms with van der Waals surface area (Å²) >= 11 is 0. The number of anilines is 2. The maximum atomic E-state index is 12.1. The molecule has 0 radical (unpaired) electrons. The van der Waals surface area contributed by atoms with E-state index < -0.39 is 16.7 Å². The van der Waals surface area contributed by atoms with Gasteiger partial charge in [0.1, 0.15) is 5.75 Å². The van der Waals surface area contributed by atoms with E-state index in [1.165, 1.54) is 18.2 Å². The Hall–Kier alpha value is -3.66. The largest absolute Gasteiger partial charge is 0.495 e. The van der Waals surface area contributed by atoms with Gasteiger partial charge >= 0.3 is 11.8 Å². The average Bonchev–Trinajstić information content (AvgIpc) is 2.83. The van der Waals surface area contributed by atoms with Gasteiger partial charge in [-0.1, -0.05) is 12.1 Å². The van der Waals surface area contributed by atoms with Crippen LogP contribution in [-0.4, -0.2) is 68.0 Å². The summed E-state index contributed by atoms with van der Waals surface area (Å²) in [7, 11) is 1.68. The molecule has 33 heavy (non-hydrogen) atoms. The number of hydrogen-bond donors (Lipinski definition) is 2. The number of non-ortho nitro benzene ring substituents is 1. The van der Waals surface area contributed by atoms with E-state index in [2.05, 4.69) is 26.5 Å². The van der Waals surface area contributed by atoms with Crippen LogP contribution in [0.15, 0.2) is 42.5 Å². The van der Waals surface area contributed by atoms with Crippen molar-refractivity contribution >= 4 is 28.9 Å². The highest BCUT2D eigenvalue weighted by atomic mass is 16.6. The van der Waals surface area contributed by atoms with Crippen molar-refractivity contribution in [3.63, 3.8) is 0 Å². The number of amides is 2. The fraction of sp³-hybridized carbons (Fsp3) is 0.391. The number of methoxy groups -OCH3 is 1. The summed E-state index contributed by atoms with van der Waals surface area (Å²) in [4.78, 5) is 39.1. The molecule has 1 saturated heterocycles. The Bertz CT molecular complexity index is 1000. The van der Waals surface area contributed by atoms with Crippen molar-refractivity contribution in [3.05, 3.63) is 58.1 Å². The molecule has 1 aliphatic rings. The van der Waals surface area contributed by atoms with Crippen molar-refractivity contribution in [1.29, 1.82) is 0 Å². The van der Waals surface area contributed by atoms with Crippen LogP contribution in [0.4, 0.5) is 17.1 Å². The van der Waals surface area contributed by atoms with E-state index in [0.29, 0.717) is 17.8 Å². The van der Waals surface area contributed by atoms with E-state index in [-0.39, 0.29) is 5.69 Å². The molecule has 0 unspecified atom stereocenters. The Kier molecular flexibility index (Phi) is 8.20. The fourth-order valence-corrected chi connectivity index (χ4v) is 3.77. The number of hydrogen-bond acceptors (Lipinski definition) is 7. The maximum Gasteiger partial charge on any atom is 0.313 e. The molecule has 0 aliphatic carbocycles. The zero-order valence-corrected chi connectivity index (χ0v) is 18.9. The maximum absolute atomic E-state index is 12.1. The molecule has 2 amide bonds. The first-order valence-corrected chi connectivity index (χ1v) is 10.8. The van der Waals surface area contributed by atoms with Crippen molar-refractivity contribution in [2.24, 2.45) is 0 Å². The Morgan fingerprint density at radius 1 is 1.09 bits per heavy atom. The van der Waals surface area contributed by atoms with E-state index in [1.54, 1.807) is 14.0 Å². The van der Waals surface area contributed by atoms with Crippen molar-refractivity contribution in [2.75, 3.05) is 56.6 Å². The highest BCUT2D eigenvalue weighted by Gasteiger charge is 2.20. The number of nitrogens with one attached hydrogen (secondary N) is 2. The lowest BCUT2D eigenvalue weighted by molar-refractivity contribution is -0.384. The topological polar surface area (TPSA) is 117 Å². The molecular formula is C23H29N5O5. The first kappa shape index (κ1) is 24.0. The summed E-state index contributed by atoms with van der Waals surface area (Å²) in [5, 5.41) is 15.9. The minimum atomic E-state index is -0.794. The number of ether oxygens (including phenoxy) is 1. The molecule has 1 aliphatic heterocycles. The molecule has 2 N–H and O–H groups in total. The van der Waals surface area contributed by atoms with Gasteiger partial charge in [0.05, 0.1) is 17.7 Å². The number of rotatable bonds is 8. The Morgan fingerprint density at radius 3 is 2.48 bits per heavy atom. The summed E-state index contributed by atoms with van der Waals surface area (Å²) in [6.45, 7) is 6.45. The SMILES string of the molecule is COc1ccccc1N1CCN(CCCNC(=O)C(=O)Nc2ccc([N+](=O)[O-])cc2C)CC1. The van der Waals surface area contributed by atoms with Crippen molar-refractivity contribution in [1.82, 2.24) is 10.2 Å². The molecule has 3 rings (SSSR count). The van der Waals surface area contributed by atoms with Gasteiger partial charge in [-0.3, -0.25) is 24.6 Å². The van der Waals surface area contributed by atoms with Crippen molar-refractivity contribution in [3.8, 4) is 5.75 Å². The highest BCUT2D eigenvalue weighted by Crippen LogP contribution is 2.28. The second-order valence-electron chi connectivity index (χ2n) is 7.82. The number of carbonyl (C=O) groups is 2. The lowest BCUT2D eigenvalue weighted by Crippen LogP contribution is -2.47. The number of carbonyl (C=O) groups excluding carboxylic acids is 2. The first-order chi connectivity index (χ1) is 15.9. The number of piperazine rings is 1. The van der Waals surface area contributed by atoms with Gasteiger partial charge in [0.15, 0.2) is 0 Å². The quantitative estimate of drug-likeness (QED) is 0.271. The molecule has 2 aromatic rings. The third kappa shape index (κ3) is 6.42. The normalized spacial score (nSPS) is 13.9. The van der Waals surface area contributed by atoms with Gasteiger partial charge < -0.3 is 20.3 Å². The van der Waals surface area contributed by atoms with E-state index in [1.807, 2.05) is 18.2 Å². The molecule has 0 saturated carbocycles. The van der Waals surface area contributed by atoms with Crippen LogP contribution in [0, 0.1) is 17.0 Å². The minimum absolute atomic E-state index is 0.0707. The van der Waals surface area contributed by atoms with Gasteiger partial charge in [-0.15, -0.1) is 0 Å². The van der Waals surface area contributed by atoms with Crippen molar-refractivity contribution in [2.45, 2.75) is 13.3 Å². The van der Waals surface area contributed by atoms with Gasteiger partial charge in [0, 0.05) is 50.5 Å². The Balaban J connectivity index is 1.37. The van der Waals surface area contributed by atoms with Crippen molar-refractivity contribution < 1.29 is 19.2 Å². The molecule has 2 aromatic carbocycles. The van der Waals surface area contributed by atoms with Gasteiger partial charge in [0.25, 0.3) is 5.69 Å². The molecule has 0 spiro atoms. The smallest absolute Gasteiger partial charge is 0.313 e. The number of nitro groups is 1. The van der Waals surface area contributed by atoms with Crippen LogP contribution in [0.5, 0.6) is 5.75 Å². The molecule has 10 heteroatoms. The van der Waals surface area contributed by atoms with Crippen LogP contribution in [0.2, 0.25) is 0 Å². The van der Waals surface area contributed by atoms with E-state index in [4.69, 9.17) is 4.74 Å². The lowest BCUT2D eigenvalue weighted by atomic mass is 10.2.